The predicted molar refractivity (Wildman–Crippen MR) is 78.9 cm³/mol. The minimum Gasteiger partial charge on any atom is -0.495 e. The van der Waals surface area contributed by atoms with Crippen LogP contribution in [0.15, 0.2) is 18.2 Å². The van der Waals surface area contributed by atoms with Gasteiger partial charge in [0.2, 0.25) is 0 Å². The van der Waals surface area contributed by atoms with E-state index in [1.165, 1.54) is 18.4 Å². The van der Waals surface area contributed by atoms with Crippen LogP contribution in [0, 0.1) is 6.92 Å². The van der Waals surface area contributed by atoms with E-state index in [2.05, 4.69) is 18.3 Å². The number of ether oxygens (including phenoxy) is 1. The van der Waals surface area contributed by atoms with Gasteiger partial charge in [-0.05, 0) is 37.5 Å². The van der Waals surface area contributed by atoms with E-state index in [9.17, 15) is 5.11 Å². The topological polar surface area (TPSA) is 41.5 Å². The third-order valence-electron chi connectivity index (χ3n) is 4.00. The van der Waals surface area contributed by atoms with Gasteiger partial charge in [0, 0.05) is 6.54 Å². The number of hydrogen-bond acceptors (Lipinski definition) is 3. The number of nitrogens with one attached hydrogen (secondary N) is 1. The van der Waals surface area contributed by atoms with Crippen LogP contribution in [0.1, 0.15) is 44.1 Å². The van der Waals surface area contributed by atoms with Gasteiger partial charge in [-0.2, -0.15) is 0 Å². The summed E-state index contributed by atoms with van der Waals surface area (Å²) in [5.74, 6) is 0.836. The molecule has 0 spiro atoms. The maximum Gasteiger partial charge on any atom is 0.141 e. The number of anilines is 1. The largest absolute Gasteiger partial charge is 0.495 e. The van der Waals surface area contributed by atoms with Crippen LogP contribution in [0.3, 0.4) is 0 Å². The summed E-state index contributed by atoms with van der Waals surface area (Å²) in [6.07, 6.45) is 6.54. The number of rotatable bonds is 4. The lowest BCUT2D eigenvalue weighted by atomic mass is 9.94. The number of aliphatic hydroxyl groups is 1. The van der Waals surface area contributed by atoms with E-state index in [1.54, 1.807) is 7.11 Å². The normalized spacial score (nSPS) is 18.7. The fourth-order valence-corrected chi connectivity index (χ4v) is 2.78. The second-order valence-corrected chi connectivity index (χ2v) is 5.70. The Kier molecular flexibility index (Phi) is 4.70. The second-order valence-electron chi connectivity index (χ2n) is 5.70. The van der Waals surface area contributed by atoms with Crippen LogP contribution >= 0.6 is 0 Å². The zero-order chi connectivity index (χ0) is 13.7. The summed E-state index contributed by atoms with van der Waals surface area (Å²) in [4.78, 5) is 0. The molecule has 0 unspecified atom stereocenters. The predicted octanol–water partition coefficient (Wildman–Crippen LogP) is 3.50. The van der Waals surface area contributed by atoms with Crippen LogP contribution in [0.25, 0.3) is 0 Å². The summed E-state index contributed by atoms with van der Waals surface area (Å²) in [7, 11) is 1.68. The smallest absolute Gasteiger partial charge is 0.141 e. The molecule has 1 aliphatic rings. The lowest BCUT2D eigenvalue weighted by Gasteiger charge is -2.27. The molecule has 1 fully saturated rings. The van der Waals surface area contributed by atoms with Crippen LogP contribution in [-0.4, -0.2) is 24.4 Å². The first kappa shape index (κ1) is 14.2. The highest BCUT2D eigenvalue weighted by Gasteiger charge is 2.27. The van der Waals surface area contributed by atoms with Crippen LogP contribution in [0.2, 0.25) is 0 Å². The van der Waals surface area contributed by atoms with Crippen molar-refractivity contribution < 1.29 is 9.84 Å². The minimum atomic E-state index is -0.564. The summed E-state index contributed by atoms with van der Waals surface area (Å²) in [6.45, 7) is 2.66. The average molecular weight is 263 g/mol. The molecule has 1 aliphatic carbocycles. The molecule has 0 aromatic heterocycles. The van der Waals surface area contributed by atoms with E-state index in [0.717, 1.165) is 37.1 Å². The molecule has 3 nitrogen and oxygen atoms in total. The fourth-order valence-electron chi connectivity index (χ4n) is 2.78. The summed E-state index contributed by atoms with van der Waals surface area (Å²) >= 11 is 0. The molecule has 0 amide bonds. The Labute approximate surface area is 116 Å². The Hall–Kier alpha value is -1.22. The zero-order valence-corrected chi connectivity index (χ0v) is 12.0. The monoisotopic (exact) mass is 263 g/mol. The molecule has 0 aliphatic heterocycles. The Bertz CT molecular complexity index is 409. The summed E-state index contributed by atoms with van der Waals surface area (Å²) in [5, 5.41) is 14.0. The van der Waals surface area contributed by atoms with E-state index in [0.29, 0.717) is 6.54 Å². The first-order valence-electron chi connectivity index (χ1n) is 7.24. The van der Waals surface area contributed by atoms with Crippen LogP contribution in [-0.2, 0) is 0 Å². The SMILES string of the molecule is COc1ccc(C)cc1NCC1(O)CCCCCC1. The molecule has 0 radical (unpaired) electrons. The van der Waals surface area contributed by atoms with Gasteiger partial charge >= 0.3 is 0 Å². The molecule has 0 saturated heterocycles. The zero-order valence-electron chi connectivity index (χ0n) is 12.0. The highest BCUT2D eigenvalue weighted by molar-refractivity contribution is 5.58. The molecule has 1 aromatic rings. The Morgan fingerprint density at radius 3 is 2.53 bits per heavy atom. The number of benzene rings is 1. The van der Waals surface area contributed by atoms with Gasteiger partial charge in [-0.1, -0.05) is 31.7 Å². The van der Waals surface area contributed by atoms with Crippen molar-refractivity contribution in [1.82, 2.24) is 0 Å². The van der Waals surface area contributed by atoms with E-state index < -0.39 is 5.60 Å². The van der Waals surface area contributed by atoms with Gasteiger partial charge in [0.05, 0.1) is 18.4 Å². The molecule has 0 heterocycles. The lowest BCUT2D eigenvalue weighted by Crippen LogP contribution is -2.36. The molecule has 1 aromatic carbocycles. The van der Waals surface area contributed by atoms with Gasteiger partial charge in [-0.25, -0.2) is 0 Å². The van der Waals surface area contributed by atoms with E-state index in [4.69, 9.17) is 4.74 Å². The van der Waals surface area contributed by atoms with Crippen molar-refractivity contribution in [2.24, 2.45) is 0 Å². The molecular formula is C16H25NO2. The molecule has 3 heteroatoms. The van der Waals surface area contributed by atoms with Crippen molar-refractivity contribution in [2.75, 3.05) is 19.0 Å². The van der Waals surface area contributed by atoms with E-state index in [-0.39, 0.29) is 0 Å². The van der Waals surface area contributed by atoms with Crippen molar-refractivity contribution in [3.05, 3.63) is 23.8 Å². The molecule has 19 heavy (non-hydrogen) atoms. The van der Waals surface area contributed by atoms with E-state index in [1.807, 2.05) is 12.1 Å². The lowest BCUT2D eigenvalue weighted by molar-refractivity contribution is 0.0381. The third-order valence-corrected chi connectivity index (χ3v) is 4.00. The average Bonchev–Trinajstić information content (AvgIpc) is 2.62. The van der Waals surface area contributed by atoms with Gasteiger partial charge in [-0.15, -0.1) is 0 Å². The van der Waals surface area contributed by atoms with Crippen molar-refractivity contribution >= 4 is 5.69 Å². The number of aryl methyl sites for hydroxylation is 1. The number of hydrogen-bond donors (Lipinski definition) is 2. The standard InChI is InChI=1S/C16H25NO2/c1-13-7-8-15(19-2)14(11-13)17-12-16(18)9-5-3-4-6-10-16/h7-8,11,17-18H,3-6,9-10,12H2,1-2H3. The molecule has 106 valence electrons. The number of methoxy groups -OCH3 is 1. The molecule has 0 bridgehead atoms. The molecule has 1 saturated carbocycles. The van der Waals surface area contributed by atoms with Crippen LogP contribution in [0.4, 0.5) is 5.69 Å². The van der Waals surface area contributed by atoms with Crippen molar-refractivity contribution in [1.29, 1.82) is 0 Å². The molecule has 2 rings (SSSR count). The van der Waals surface area contributed by atoms with Gasteiger partial charge in [-0.3, -0.25) is 0 Å². The third kappa shape index (κ3) is 3.87. The van der Waals surface area contributed by atoms with Crippen molar-refractivity contribution in [3.8, 4) is 5.75 Å². The molecular weight excluding hydrogens is 238 g/mol. The van der Waals surface area contributed by atoms with Gasteiger partial charge in [0.15, 0.2) is 0 Å². The quantitative estimate of drug-likeness (QED) is 0.817. The van der Waals surface area contributed by atoms with Crippen molar-refractivity contribution in [3.63, 3.8) is 0 Å². The maximum atomic E-state index is 10.6. The Balaban J connectivity index is 2.02. The highest BCUT2D eigenvalue weighted by Crippen LogP contribution is 2.30. The highest BCUT2D eigenvalue weighted by atomic mass is 16.5. The summed E-state index contributed by atoms with van der Waals surface area (Å²) < 4.78 is 5.35. The Morgan fingerprint density at radius 1 is 1.21 bits per heavy atom. The van der Waals surface area contributed by atoms with Gasteiger partial charge in [0.25, 0.3) is 0 Å². The first-order valence-corrected chi connectivity index (χ1v) is 7.24. The summed E-state index contributed by atoms with van der Waals surface area (Å²) in [5.41, 5.74) is 1.60. The Morgan fingerprint density at radius 2 is 1.89 bits per heavy atom. The minimum absolute atomic E-state index is 0.564. The maximum absolute atomic E-state index is 10.6. The van der Waals surface area contributed by atoms with E-state index >= 15 is 0 Å². The summed E-state index contributed by atoms with van der Waals surface area (Å²) in [6, 6.07) is 6.07. The van der Waals surface area contributed by atoms with Gasteiger partial charge < -0.3 is 15.2 Å². The second kappa shape index (κ2) is 6.29. The molecule has 2 N–H and O–H groups in total. The van der Waals surface area contributed by atoms with Gasteiger partial charge in [0.1, 0.15) is 5.75 Å². The van der Waals surface area contributed by atoms with Crippen LogP contribution < -0.4 is 10.1 Å². The van der Waals surface area contributed by atoms with Crippen LogP contribution in [0.5, 0.6) is 5.75 Å². The first-order chi connectivity index (χ1) is 9.13. The van der Waals surface area contributed by atoms with Crippen molar-refractivity contribution in [2.45, 2.75) is 51.0 Å². The fraction of sp³-hybridized carbons (Fsp3) is 0.625. The molecule has 0 atom stereocenters.